The Morgan fingerprint density at radius 3 is 2.19 bits per heavy atom. The Hall–Kier alpha value is -3.42. The van der Waals surface area contributed by atoms with E-state index in [9.17, 15) is 33.0 Å². The number of urea groups is 1. The maximum atomic E-state index is 12.5. The smallest absolute Gasteiger partial charge is 0.326 e. The first kappa shape index (κ1) is 26.6. The summed E-state index contributed by atoms with van der Waals surface area (Å²) in [5.74, 6) is -4.47. The number of hydrogen-bond donors (Lipinski definition) is 6. The van der Waals surface area contributed by atoms with Crippen molar-refractivity contribution >= 4 is 42.0 Å². The minimum absolute atomic E-state index is 0.00336. The van der Waals surface area contributed by atoms with Gasteiger partial charge in [0.2, 0.25) is 0 Å². The lowest BCUT2D eigenvalue weighted by molar-refractivity contribution is -0.140. The number of aliphatic carboxylic acids is 3. The molecule has 176 valence electrons. The number of hydrogen-bond acceptors (Lipinski definition) is 7. The standard InChI is InChI=1S/C18H23FN4O8S/c19-32-13-9-10(6-8-20-13)15(26)21-7-2-1-3-11(16(27)28)22-18(31)23-12(17(29)30)4-5-14(24)25/h6,8-9,11-12H,1-5,7H2,(H,21,26)(H,24,25)(H,27,28)(H,29,30)(H2,22,23,31). The lowest BCUT2D eigenvalue weighted by atomic mass is 10.1. The van der Waals surface area contributed by atoms with Crippen molar-refractivity contribution in [2.75, 3.05) is 6.54 Å². The number of unbranched alkanes of at least 4 members (excludes halogenated alkanes) is 1. The van der Waals surface area contributed by atoms with E-state index in [1.54, 1.807) is 0 Å². The van der Waals surface area contributed by atoms with Crippen LogP contribution < -0.4 is 16.0 Å². The number of halogens is 1. The average Bonchev–Trinajstić information content (AvgIpc) is 2.74. The Kier molecular flexibility index (Phi) is 11.5. The summed E-state index contributed by atoms with van der Waals surface area (Å²) in [6.45, 7) is 0.202. The molecule has 32 heavy (non-hydrogen) atoms. The summed E-state index contributed by atoms with van der Waals surface area (Å²) in [6, 6.07) is -1.16. The van der Waals surface area contributed by atoms with Gasteiger partial charge in [-0.15, -0.1) is 0 Å². The molecule has 0 fully saturated rings. The van der Waals surface area contributed by atoms with Crippen molar-refractivity contribution < 1.29 is 43.2 Å². The number of carbonyl (C=O) groups is 5. The van der Waals surface area contributed by atoms with Gasteiger partial charge in [-0.1, -0.05) is 0 Å². The third kappa shape index (κ3) is 10.1. The van der Waals surface area contributed by atoms with E-state index in [4.69, 9.17) is 10.2 Å². The van der Waals surface area contributed by atoms with Gasteiger partial charge < -0.3 is 31.3 Å². The molecule has 6 N–H and O–H groups in total. The van der Waals surface area contributed by atoms with Gasteiger partial charge in [0.15, 0.2) is 0 Å². The number of carboxylic acid groups (broad SMARTS) is 3. The zero-order valence-electron chi connectivity index (χ0n) is 16.7. The second-order valence-electron chi connectivity index (χ2n) is 6.54. The molecule has 0 aromatic carbocycles. The molecule has 2 atom stereocenters. The predicted molar refractivity (Wildman–Crippen MR) is 109 cm³/mol. The van der Waals surface area contributed by atoms with Crippen LogP contribution in [0, 0.1) is 0 Å². The molecule has 1 aromatic rings. The second kappa shape index (κ2) is 13.8. The van der Waals surface area contributed by atoms with Crippen LogP contribution in [0.5, 0.6) is 0 Å². The van der Waals surface area contributed by atoms with E-state index in [0.717, 1.165) is 0 Å². The molecule has 12 nitrogen and oxygen atoms in total. The number of carboxylic acids is 3. The monoisotopic (exact) mass is 474 g/mol. The molecule has 1 heterocycles. The molecule has 3 amide bonds. The van der Waals surface area contributed by atoms with Crippen molar-refractivity contribution in [3.8, 4) is 0 Å². The van der Waals surface area contributed by atoms with Crippen LogP contribution >= 0.6 is 12.1 Å². The fourth-order valence-corrected chi connectivity index (χ4v) is 2.78. The fourth-order valence-electron chi connectivity index (χ4n) is 2.51. The number of pyridine rings is 1. The zero-order valence-corrected chi connectivity index (χ0v) is 17.6. The Labute approximate surface area is 186 Å². The summed E-state index contributed by atoms with van der Waals surface area (Å²) >= 11 is -0.0930. The molecule has 0 saturated heterocycles. The van der Waals surface area contributed by atoms with E-state index in [1.807, 2.05) is 5.32 Å². The highest BCUT2D eigenvalue weighted by atomic mass is 32.2. The Morgan fingerprint density at radius 1 is 1.00 bits per heavy atom. The fraction of sp³-hybridized carbons (Fsp3) is 0.444. The summed E-state index contributed by atoms with van der Waals surface area (Å²) < 4.78 is 12.5. The van der Waals surface area contributed by atoms with Gasteiger partial charge in [0.05, 0.1) is 0 Å². The van der Waals surface area contributed by atoms with Crippen molar-refractivity contribution in [1.82, 2.24) is 20.9 Å². The SMILES string of the molecule is O=C(O)CCC(NC(=O)NC(CCCCNC(=O)c1ccnc(SF)c1)C(=O)O)C(=O)O. The van der Waals surface area contributed by atoms with E-state index >= 15 is 0 Å². The number of rotatable bonds is 14. The van der Waals surface area contributed by atoms with Gasteiger partial charge in [-0.25, -0.2) is 19.4 Å². The summed E-state index contributed by atoms with van der Waals surface area (Å²) in [5.41, 5.74) is 0.220. The van der Waals surface area contributed by atoms with Crippen LogP contribution in [-0.2, 0) is 14.4 Å². The topological polar surface area (TPSA) is 195 Å². The molecule has 0 aliphatic rings. The molecule has 1 aromatic heterocycles. The maximum Gasteiger partial charge on any atom is 0.326 e. The lowest BCUT2D eigenvalue weighted by Crippen LogP contribution is -2.51. The lowest BCUT2D eigenvalue weighted by Gasteiger charge is -2.18. The van der Waals surface area contributed by atoms with E-state index in [-0.39, 0.29) is 42.1 Å². The van der Waals surface area contributed by atoms with Crippen LogP contribution in [0.25, 0.3) is 0 Å². The molecule has 1 rings (SSSR count). The van der Waals surface area contributed by atoms with Crippen molar-refractivity contribution in [1.29, 1.82) is 0 Å². The zero-order chi connectivity index (χ0) is 24.1. The number of nitrogens with one attached hydrogen (secondary N) is 3. The molecular weight excluding hydrogens is 451 g/mol. The first-order valence-electron chi connectivity index (χ1n) is 9.41. The van der Waals surface area contributed by atoms with Gasteiger partial charge in [-0.3, -0.25) is 9.59 Å². The van der Waals surface area contributed by atoms with E-state index in [1.165, 1.54) is 18.3 Å². The minimum atomic E-state index is -1.49. The van der Waals surface area contributed by atoms with Crippen molar-refractivity contribution in [3.63, 3.8) is 0 Å². The number of carbonyl (C=O) groups excluding carboxylic acids is 2. The first-order valence-corrected chi connectivity index (χ1v) is 10.1. The van der Waals surface area contributed by atoms with Gasteiger partial charge in [0.25, 0.3) is 5.91 Å². The Morgan fingerprint density at radius 2 is 1.62 bits per heavy atom. The van der Waals surface area contributed by atoms with Crippen LogP contribution in [0.15, 0.2) is 23.4 Å². The van der Waals surface area contributed by atoms with Crippen LogP contribution in [0.4, 0.5) is 8.68 Å². The highest BCUT2D eigenvalue weighted by Crippen LogP contribution is 2.16. The minimum Gasteiger partial charge on any atom is -0.481 e. The highest BCUT2D eigenvalue weighted by Gasteiger charge is 2.24. The van der Waals surface area contributed by atoms with Gasteiger partial charge in [0.1, 0.15) is 29.3 Å². The van der Waals surface area contributed by atoms with Crippen LogP contribution in [0.2, 0.25) is 0 Å². The van der Waals surface area contributed by atoms with Crippen molar-refractivity contribution in [2.45, 2.75) is 49.2 Å². The van der Waals surface area contributed by atoms with Crippen LogP contribution in [0.1, 0.15) is 42.5 Å². The van der Waals surface area contributed by atoms with E-state index < -0.39 is 48.4 Å². The molecular formula is C18H23FN4O8S. The maximum absolute atomic E-state index is 12.5. The number of aromatic nitrogens is 1. The number of amides is 3. The summed E-state index contributed by atoms with van der Waals surface area (Å²) in [6.07, 6.45) is 1.13. The van der Waals surface area contributed by atoms with E-state index in [0.29, 0.717) is 12.8 Å². The summed E-state index contributed by atoms with van der Waals surface area (Å²) in [7, 11) is 0. The first-order chi connectivity index (χ1) is 15.1. The summed E-state index contributed by atoms with van der Waals surface area (Å²) in [4.78, 5) is 60.6. The van der Waals surface area contributed by atoms with Crippen molar-refractivity contribution in [3.05, 3.63) is 23.9 Å². The molecule has 0 bridgehead atoms. The molecule has 2 unspecified atom stereocenters. The predicted octanol–water partition coefficient (Wildman–Crippen LogP) is 1.03. The van der Waals surface area contributed by atoms with Gasteiger partial charge >= 0.3 is 23.9 Å². The summed E-state index contributed by atoms with van der Waals surface area (Å²) in [5, 5.41) is 33.7. The third-order valence-corrected chi connectivity index (χ3v) is 4.52. The Bertz CT molecular complexity index is 841. The number of nitrogens with zero attached hydrogens (tertiary/aromatic N) is 1. The van der Waals surface area contributed by atoms with E-state index in [2.05, 4.69) is 15.6 Å². The molecule has 0 aliphatic heterocycles. The molecule has 14 heteroatoms. The Balaban J connectivity index is 2.43. The third-order valence-electron chi connectivity index (χ3n) is 4.13. The second-order valence-corrected chi connectivity index (χ2v) is 7.12. The quantitative estimate of drug-likeness (QED) is 0.212. The molecule has 0 saturated carbocycles. The van der Waals surface area contributed by atoms with Crippen LogP contribution in [-0.4, -0.2) is 68.8 Å². The normalized spacial score (nSPS) is 12.3. The highest BCUT2D eigenvalue weighted by molar-refractivity contribution is 7.94. The average molecular weight is 474 g/mol. The molecule has 0 spiro atoms. The molecule has 0 radical (unpaired) electrons. The van der Waals surface area contributed by atoms with Crippen molar-refractivity contribution in [2.24, 2.45) is 0 Å². The largest absolute Gasteiger partial charge is 0.481 e. The van der Waals surface area contributed by atoms with Gasteiger partial charge in [-0.2, -0.15) is 3.89 Å². The van der Waals surface area contributed by atoms with Crippen LogP contribution in [0.3, 0.4) is 0 Å². The van der Waals surface area contributed by atoms with Gasteiger partial charge in [0, 0.05) is 24.7 Å². The van der Waals surface area contributed by atoms with Gasteiger partial charge in [-0.05, 0) is 37.8 Å². The molecule has 0 aliphatic carbocycles.